The molecule has 1 saturated heterocycles. The third-order valence-corrected chi connectivity index (χ3v) is 5.09. The molecule has 0 amide bonds. The van der Waals surface area contributed by atoms with Gasteiger partial charge in [0.15, 0.2) is 0 Å². The zero-order valence-corrected chi connectivity index (χ0v) is 15.4. The molecule has 0 aliphatic carbocycles. The van der Waals surface area contributed by atoms with Gasteiger partial charge in [-0.05, 0) is 61.7 Å². The van der Waals surface area contributed by atoms with Crippen molar-refractivity contribution in [3.63, 3.8) is 0 Å². The Morgan fingerprint density at radius 1 is 1.22 bits per heavy atom. The number of hydrogen-bond acceptors (Lipinski definition) is 4. The van der Waals surface area contributed by atoms with Gasteiger partial charge < -0.3 is 9.15 Å². The molecule has 3 aromatic rings. The van der Waals surface area contributed by atoms with Crippen LogP contribution in [0.25, 0.3) is 11.5 Å². The molecule has 0 radical (unpaired) electrons. The van der Waals surface area contributed by atoms with E-state index < -0.39 is 0 Å². The van der Waals surface area contributed by atoms with E-state index in [-0.39, 0.29) is 5.82 Å². The minimum Gasteiger partial charge on any atom is -0.497 e. The lowest BCUT2D eigenvalue weighted by atomic mass is 10.0. The summed E-state index contributed by atoms with van der Waals surface area (Å²) >= 11 is 0. The van der Waals surface area contributed by atoms with Crippen LogP contribution in [0.3, 0.4) is 0 Å². The predicted molar refractivity (Wildman–Crippen MR) is 102 cm³/mol. The third-order valence-electron chi connectivity index (χ3n) is 5.09. The second-order valence-corrected chi connectivity index (χ2v) is 6.98. The van der Waals surface area contributed by atoms with Gasteiger partial charge in [-0.15, -0.1) is 0 Å². The number of aromatic nitrogens is 1. The Balaban J connectivity index is 1.44. The summed E-state index contributed by atoms with van der Waals surface area (Å²) < 4.78 is 24.3. The Hall–Kier alpha value is -2.66. The van der Waals surface area contributed by atoms with Crippen molar-refractivity contribution in [2.24, 2.45) is 0 Å². The van der Waals surface area contributed by atoms with Crippen molar-refractivity contribution in [2.75, 3.05) is 13.7 Å². The minimum atomic E-state index is -0.287. The summed E-state index contributed by atoms with van der Waals surface area (Å²) in [5, 5.41) is 0. The lowest BCUT2D eigenvalue weighted by Crippen LogP contribution is -2.30. The molecule has 5 heteroatoms. The van der Waals surface area contributed by atoms with Crippen molar-refractivity contribution in [1.82, 2.24) is 9.88 Å². The summed E-state index contributed by atoms with van der Waals surface area (Å²) in [6.07, 6.45) is 5.03. The number of nitrogens with zero attached hydrogens (tertiary/aromatic N) is 2. The fourth-order valence-electron chi connectivity index (χ4n) is 3.75. The average Bonchev–Trinajstić information content (AvgIpc) is 3.32. The molecule has 0 N–H and O–H groups in total. The third kappa shape index (κ3) is 4.19. The standard InChI is InChI=1S/C22H23FN2O2/c1-26-21-9-2-5-16(12-21)11-20-8-4-10-25(20)14-19-15-27-22(24-19)17-6-3-7-18(23)13-17/h2-3,5-7,9,12-13,15,20H,4,8,10-11,14H2,1H3/t20-/m1/s1. The molecule has 2 heterocycles. The molecule has 0 spiro atoms. The Bertz CT molecular complexity index is 909. The van der Waals surface area contributed by atoms with E-state index in [1.165, 1.54) is 30.5 Å². The first-order chi connectivity index (χ1) is 13.2. The molecular formula is C22H23FN2O2. The molecule has 27 heavy (non-hydrogen) atoms. The van der Waals surface area contributed by atoms with Crippen LogP contribution in [0.2, 0.25) is 0 Å². The van der Waals surface area contributed by atoms with Gasteiger partial charge in [0.25, 0.3) is 0 Å². The Morgan fingerprint density at radius 2 is 2.11 bits per heavy atom. The van der Waals surface area contributed by atoms with Crippen LogP contribution >= 0.6 is 0 Å². The normalized spacial score (nSPS) is 17.3. The molecule has 1 aliphatic heterocycles. The van der Waals surface area contributed by atoms with Crippen LogP contribution in [0.4, 0.5) is 4.39 Å². The summed E-state index contributed by atoms with van der Waals surface area (Å²) in [5.41, 5.74) is 2.83. The SMILES string of the molecule is COc1cccc(C[C@H]2CCCN2Cc2coc(-c3cccc(F)c3)n2)c1. The average molecular weight is 366 g/mol. The molecule has 4 nitrogen and oxygen atoms in total. The molecule has 1 atom stereocenters. The lowest BCUT2D eigenvalue weighted by Gasteiger charge is -2.23. The number of methoxy groups -OCH3 is 1. The summed E-state index contributed by atoms with van der Waals surface area (Å²) in [5.74, 6) is 1.08. The van der Waals surface area contributed by atoms with Crippen LogP contribution in [0.5, 0.6) is 5.75 Å². The van der Waals surface area contributed by atoms with Gasteiger partial charge in [-0.1, -0.05) is 18.2 Å². The van der Waals surface area contributed by atoms with E-state index in [1.54, 1.807) is 25.5 Å². The predicted octanol–water partition coefficient (Wildman–Crippen LogP) is 4.70. The molecule has 0 saturated carbocycles. The number of rotatable bonds is 6. The zero-order chi connectivity index (χ0) is 18.6. The van der Waals surface area contributed by atoms with E-state index in [2.05, 4.69) is 22.0 Å². The first kappa shape index (κ1) is 17.7. The number of likely N-dealkylation sites (tertiary alicyclic amines) is 1. The van der Waals surface area contributed by atoms with Crippen molar-refractivity contribution in [3.05, 3.63) is 71.9 Å². The van der Waals surface area contributed by atoms with Crippen molar-refractivity contribution < 1.29 is 13.5 Å². The van der Waals surface area contributed by atoms with Gasteiger partial charge in [-0.2, -0.15) is 0 Å². The minimum absolute atomic E-state index is 0.287. The van der Waals surface area contributed by atoms with Gasteiger partial charge in [0.05, 0.1) is 12.8 Å². The van der Waals surface area contributed by atoms with Crippen LogP contribution in [-0.4, -0.2) is 29.6 Å². The van der Waals surface area contributed by atoms with Crippen molar-refractivity contribution in [2.45, 2.75) is 31.8 Å². The molecule has 0 unspecified atom stereocenters. The number of ether oxygens (including phenoxy) is 1. The second kappa shape index (κ2) is 7.92. The van der Waals surface area contributed by atoms with Gasteiger partial charge in [0, 0.05) is 18.2 Å². The zero-order valence-electron chi connectivity index (χ0n) is 15.4. The van der Waals surface area contributed by atoms with E-state index in [1.807, 2.05) is 12.1 Å². The number of benzene rings is 2. The second-order valence-electron chi connectivity index (χ2n) is 6.98. The highest BCUT2D eigenvalue weighted by Crippen LogP contribution is 2.26. The van der Waals surface area contributed by atoms with Crippen LogP contribution in [0.1, 0.15) is 24.1 Å². The van der Waals surface area contributed by atoms with E-state index in [0.29, 0.717) is 17.5 Å². The van der Waals surface area contributed by atoms with Gasteiger partial charge in [0.2, 0.25) is 5.89 Å². The Kier molecular flexibility index (Phi) is 5.21. The first-order valence-corrected chi connectivity index (χ1v) is 9.28. The number of hydrogen-bond donors (Lipinski definition) is 0. The van der Waals surface area contributed by atoms with E-state index in [9.17, 15) is 4.39 Å². The molecule has 0 bridgehead atoms. The van der Waals surface area contributed by atoms with Crippen molar-refractivity contribution in [3.8, 4) is 17.2 Å². The fraction of sp³-hybridized carbons (Fsp3) is 0.318. The van der Waals surface area contributed by atoms with E-state index in [4.69, 9.17) is 9.15 Å². The summed E-state index contributed by atoms with van der Waals surface area (Å²) in [6, 6.07) is 15.1. The summed E-state index contributed by atoms with van der Waals surface area (Å²) in [4.78, 5) is 7.01. The van der Waals surface area contributed by atoms with Gasteiger partial charge in [-0.25, -0.2) is 9.37 Å². The number of halogens is 1. The van der Waals surface area contributed by atoms with Crippen LogP contribution in [0, 0.1) is 5.82 Å². The van der Waals surface area contributed by atoms with Crippen molar-refractivity contribution >= 4 is 0 Å². The monoisotopic (exact) mass is 366 g/mol. The molecule has 1 fully saturated rings. The maximum Gasteiger partial charge on any atom is 0.226 e. The quantitative estimate of drug-likeness (QED) is 0.634. The van der Waals surface area contributed by atoms with Crippen LogP contribution < -0.4 is 4.74 Å². The van der Waals surface area contributed by atoms with Gasteiger partial charge in [0.1, 0.15) is 17.8 Å². The topological polar surface area (TPSA) is 38.5 Å². The lowest BCUT2D eigenvalue weighted by molar-refractivity contribution is 0.241. The summed E-state index contributed by atoms with van der Waals surface area (Å²) in [6.45, 7) is 1.80. The largest absolute Gasteiger partial charge is 0.497 e. The van der Waals surface area contributed by atoms with Crippen molar-refractivity contribution in [1.29, 1.82) is 0 Å². The molecule has 140 valence electrons. The molecule has 1 aliphatic rings. The van der Waals surface area contributed by atoms with E-state index >= 15 is 0 Å². The van der Waals surface area contributed by atoms with Gasteiger partial charge in [-0.3, -0.25) is 4.90 Å². The smallest absolute Gasteiger partial charge is 0.226 e. The molecule has 4 rings (SSSR count). The Labute approximate surface area is 158 Å². The fourth-order valence-corrected chi connectivity index (χ4v) is 3.75. The van der Waals surface area contributed by atoms with Gasteiger partial charge >= 0.3 is 0 Å². The summed E-state index contributed by atoms with van der Waals surface area (Å²) in [7, 11) is 1.70. The highest BCUT2D eigenvalue weighted by molar-refractivity contribution is 5.52. The van der Waals surface area contributed by atoms with Crippen LogP contribution in [0.15, 0.2) is 59.2 Å². The highest BCUT2D eigenvalue weighted by Gasteiger charge is 2.25. The van der Waals surface area contributed by atoms with E-state index in [0.717, 1.165) is 31.0 Å². The maximum absolute atomic E-state index is 13.4. The van der Waals surface area contributed by atoms with Crippen LogP contribution in [-0.2, 0) is 13.0 Å². The Morgan fingerprint density at radius 3 is 2.96 bits per heavy atom. The first-order valence-electron chi connectivity index (χ1n) is 9.28. The molecular weight excluding hydrogens is 343 g/mol. The number of oxazole rings is 1. The molecule has 1 aromatic heterocycles. The highest BCUT2D eigenvalue weighted by atomic mass is 19.1. The molecule has 2 aromatic carbocycles. The maximum atomic E-state index is 13.4.